The predicted octanol–water partition coefficient (Wildman–Crippen LogP) is 4.86. The Labute approximate surface area is 200 Å². The van der Waals surface area contributed by atoms with Gasteiger partial charge in [0.15, 0.2) is 0 Å². The van der Waals surface area contributed by atoms with Crippen LogP contribution >= 0.6 is 0 Å². The summed E-state index contributed by atoms with van der Waals surface area (Å²) in [6.45, 7) is 0.140. The van der Waals surface area contributed by atoms with Crippen molar-refractivity contribution in [2.24, 2.45) is 5.73 Å². The minimum atomic E-state index is -0.776. The molecule has 0 aliphatic carbocycles. The van der Waals surface area contributed by atoms with Crippen LogP contribution in [-0.2, 0) is 0 Å². The zero-order valence-electron chi connectivity index (χ0n) is 19.6. The first-order valence-corrected chi connectivity index (χ1v) is 11.5. The summed E-state index contributed by atoms with van der Waals surface area (Å²) in [4.78, 5) is 3.17. The lowest BCUT2D eigenvalue weighted by Gasteiger charge is -2.24. The maximum atomic E-state index is 10.7. The topological polar surface area (TPSA) is 89.7 Å². The van der Waals surface area contributed by atoms with Crippen LogP contribution in [0.5, 0.6) is 17.2 Å². The Morgan fingerprint density at radius 2 is 1.44 bits per heavy atom. The Kier molecular flexibility index (Phi) is 7.72. The van der Waals surface area contributed by atoms with Crippen LogP contribution in [0.25, 0.3) is 10.9 Å². The average Bonchev–Trinajstić information content (AvgIpc) is 3.37. The Morgan fingerprint density at radius 1 is 0.824 bits per heavy atom. The standard InChI is InChI=1S/C28H32N2O4/c1-32-21-10-6-19(7-11-21)23(20-8-12-22(33-2)13-9-20)14-15-25(29)27(31)18-34-28-5-3-4-26-24(28)16-17-30-26/h3-13,16-17,23,25,27,30-31H,14-15,18,29H2,1-2H3/t25?,27-/m0/s1. The third-order valence-electron chi connectivity index (χ3n) is 6.28. The van der Waals surface area contributed by atoms with Gasteiger partial charge in [0.05, 0.1) is 14.2 Å². The molecule has 1 unspecified atom stereocenters. The average molecular weight is 461 g/mol. The molecule has 2 atom stereocenters. The molecule has 0 radical (unpaired) electrons. The second-order valence-electron chi connectivity index (χ2n) is 8.41. The number of aliphatic hydroxyl groups excluding tert-OH is 1. The Bertz CT molecular complexity index is 1120. The number of aromatic amines is 1. The molecule has 178 valence electrons. The first-order chi connectivity index (χ1) is 16.6. The summed E-state index contributed by atoms with van der Waals surface area (Å²) in [6, 6.07) is 23.6. The number of nitrogens with one attached hydrogen (secondary N) is 1. The van der Waals surface area contributed by atoms with Gasteiger partial charge in [-0.15, -0.1) is 0 Å². The lowest BCUT2D eigenvalue weighted by Crippen LogP contribution is -2.39. The van der Waals surface area contributed by atoms with Gasteiger partial charge in [-0.25, -0.2) is 0 Å². The Morgan fingerprint density at radius 3 is 2.03 bits per heavy atom. The van der Waals surface area contributed by atoms with E-state index in [-0.39, 0.29) is 12.5 Å². The molecule has 34 heavy (non-hydrogen) atoms. The second-order valence-corrected chi connectivity index (χ2v) is 8.41. The highest BCUT2D eigenvalue weighted by molar-refractivity contribution is 5.85. The molecule has 0 aliphatic rings. The van der Waals surface area contributed by atoms with Gasteiger partial charge < -0.3 is 30.0 Å². The Balaban J connectivity index is 1.42. The molecule has 0 saturated heterocycles. The third kappa shape index (κ3) is 5.53. The molecule has 0 saturated carbocycles. The molecule has 4 rings (SSSR count). The van der Waals surface area contributed by atoms with Crippen LogP contribution in [0, 0.1) is 0 Å². The lowest BCUT2D eigenvalue weighted by atomic mass is 9.85. The van der Waals surface area contributed by atoms with Crippen molar-refractivity contribution in [3.05, 3.63) is 90.1 Å². The third-order valence-corrected chi connectivity index (χ3v) is 6.28. The van der Waals surface area contributed by atoms with E-state index in [2.05, 4.69) is 29.2 Å². The van der Waals surface area contributed by atoms with Gasteiger partial charge in [0.2, 0.25) is 0 Å². The highest BCUT2D eigenvalue weighted by Gasteiger charge is 2.21. The fourth-order valence-electron chi connectivity index (χ4n) is 4.23. The molecule has 0 aliphatic heterocycles. The summed E-state index contributed by atoms with van der Waals surface area (Å²) in [5, 5.41) is 11.7. The van der Waals surface area contributed by atoms with Crippen molar-refractivity contribution >= 4 is 10.9 Å². The number of nitrogens with two attached hydrogens (primary N) is 1. The fourth-order valence-corrected chi connectivity index (χ4v) is 4.23. The van der Waals surface area contributed by atoms with Crippen LogP contribution in [0.3, 0.4) is 0 Å². The van der Waals surface area contributed by atoms with E-state index >= 15 is 0 Å². The van der Waals surface area contributed by atoms with Crippen molar-refractivity contribution in [3.63, 3.8) is 0 Å². The fraction of sp³-hybridized carbons (Fsp3) is 0.286. The van der Waals surface area contributed by atoms with Crippen molar-refractivity contribution in [2.45, 2.75) is 30.9 Å². The van der Waals surface area contributed by atoms with Gasteiger partial charge >= 0.3 is 0 Å². The van der Waals surface area contributed by atoms with Gasteiger partial charge in [0, 0.05) is 29.1 Å². The van der Waals surface area contributed by atoms with Crippen LogP contribution in [0.2, 0.25) is 0 Å². The van der Waals surface area contributed by atoms with Crippen LogP contribution in [-0.4, -0.2) is 43.1 Å². The molecule has 1 heterocycles. The van der Waals surface area contributed by atoms with E-state index in [0.29, 0.717) is 6.42 Å². The van der Waals surface area contributed by atoms with Crippen molar-refractivity contribution in [2.75, 3.05) is 20.8 Å². The van der Waals surface area contributed by atoms with E-state index in [0.717, 1.165) is 34.6 Å². The number of benzene rings is 3. The molecular weight excluding hydrogens is 428 g/mol. The van der Waals surface area contributed by atoms with Gasteiger partial charge in [-0.3, -0.25) is 0 Å². The van der Waals surface area contributed by atoms with Crippen LogP contribution in [0.4, 0.5) is 0 Å². The minimum Gasteiger partial charge on any atom is -0.497 e. The number of hydrogen-bond acceptors (Lipinski definition) is 5. The lowest BCUT2D eigenvalue weighted by molar-refractivity contribution is 0.0823. The van der Waals surface area contributed by atoms with Crippen molar-refractivity contribution in [1.29, 1.82) is 0 Å². The van der Waals surface area contributed by atoms with Gasteiger partial charge in [0.1, 0.15) is 30.0 Å². The SMILES string of the molecule is COc1ccc(C(CCC(N)[C@@H](O)COc2cccc3[nH]ccc23)c2ccc(OC)cc2)cc1. The normalized spacial score (nSPS) is 13.1. The first-order valence-electron chi connectivity index (χ1n) is 11.5. The van der Waals surface area contributed by atoms with Crippen LogP contribution in [0.1, 0.15) is 29.9 Å². The van der Waals surface area contributed by atoms with Gasteiger partial charge in [-0.1, -0.05) is 30.3 Å². The molecular formula is C28H32N2O4. The summed E-state index contributed by atoms with van der Waals surface area (Å²) in [6.07, 6.45) is 2.52. The number of rotatable bonds is 11. The molecule has 1 aromatic heterocycles. The number of H-pyrrole nitrogens is 1. The van der Waals surface area contributed by atoms with E-state index in [9.17, 15) is 5.11 Å². The van der Waals surface area contributed by atoms with E-state index in [1.54, 1.807) is 14.2 Å². The number of aliphatic hydroxyl groups is 1. The van der Waals surface area contributed by atoms with Gasteiger partial charge in [0.25, 0.3) is 0 Å². The molecule has 0 amide bonds. The first kappa shape index (κ1) is 23.7. The second kappa shape index (κ2) is 11.1. The molecule has 3 aromatic carbocycles. The van der Waals surface area contributed by atoms with E-state index < -0.39 is 12.1 Å². The van der Waals surface area contributed by atoms with Crippen molar-refractivity contribution in [1.82, 2.24) is 4.98 Å². The molecule has 0 spiro atoms. The molecule has 4 aromatic rings. The highest BCUT2D eigenvalue weighted by atomic mass is 16.5. The molecule has 6 nitrogen and oxygen atoms in total. The number of hydrogen-bond donors (Lipinski definition) is 3. The molecule has 0 fully saturated rings. The maximum absolute atomic E-state index is 10.7. The van der Waals surface area contributed by atoms with E-state index in [4.69, 9.17) is 19.9 Å². The minimum absolute atomic E-state index is 0.129. The van der Waals surface area contributed by atoms with Crippen molar-refractivity contribution < 1.29 is 19.3 Å². The van der Waals surface area contributed by atoms with Gasteiger partial charge in [-0.05, 0) is 66.4 Å². The summed E-state index contributed by atoms with van der Waals surface area (Å²) >= 11 is 0. The summed E-state index contributed by atoms with van der Waals surface area (Å²) in [5.74, 6) is 2.50. The summed E-state index contributed by atoms with van der Waals surface area (Å²) < 4.78 is 16.5. The monoisotopic (exact) mass is 460 g/mol. The molecule has 6 heteroatoms. The van der Waals surface area contributed by atoms with E-state index in [1.165, 1.54) is 11.1 Å². The predicted molar refractivity (Wildman–Crippen MR) is 135 cm³/mol. The number of fused-ring (bicyclic) bond motifs is 1. The summed E-state index contributed by atoms with van der Waals surface area (Å²) in [7, 11) is 3.32. The zero-order chi connectivity index (χ0) is 23.9. The highest BCUT2D eigenvalue weighted by Crippen LogP contribution is 2.32. The smallest absolute Gasteiger partial charge is 0.128 e. The van der Waals surface area contributed by atoms with Crippen LogP contribution in [0.15, 0.2) is 79.0 Å². The van der Waals surface area contributed by atoms with Gasteiger partial charge in [-0.2, -0.15) is 0 Å². The quantitative estimate of drug-likeness (QED) is 0.297. The summed E-state index contributed by atoms with van der Waals surface area (Å²) in [5.41, 5.74) is 9.73. The number of ether oxygens (including phenoxy) is 3. The number of aromatic nitrogens is 1. The van der Waals surface area contributed by atoms with Crippen LogP contribution < -0.4 is 19.9 Å². The van der Waals surface area contributed by atoms with Crippen molar-refractivity contribution in [3.8, 4) is 17.2 Å². The Hall–Kier alpha value is -3.48. The molecule has 0 bridgehead atoms. The number of methoxy groups -OCH3 is 2. The largest absolute Gasteiger partial charge is 0.497 e. The maximum Gasteiger partial charge on any atom is 0.128 e. The van der Waals surface area contributed by atoms with E-state index in [1.807, 2.05) is 54.7 Å². The zero-order valence-corrected chi connectivity index (χ0v) is 19.6. The molecule has 4 N–H and O–H groups in total.